The van der Waals surface area contributed by atoms with E-state index >= 15 is 0 Å². The molecule has 36 heavy (non-hydrogen) atoms. The number of ketones is 1. The van der Waals surface area contributed by atoms with Crippen LogP contribution >= 0.6 is 0 Å². The standard InChI is InChI=1S/C28H25FN4O3/c29-23-8-12-25(13-9-23)36-24-10-6-20(7-11-24)14-27(34)26-15-22(21-4-2-1-3-5-21)16-33(26)28(35)17-32-19-30-18-31-32/h1-13,18-19,22,26H,14-17H2/t22-,26+/m1/s1. The Bertz CT molecular complexity index is 1310. The first kappa shape index (κ1) is 23.4. The Morgan fingerprint density at radius 2 is 1.64 bits per heavy atom. The summed E-state index contributed by atoms with van der Waals surface area (Å²) in [5.74, 6) is 0.720. The lowest BCUT2D eigenvalue weighted by Crippen LogP contribution is -2.42. The summed E-state index contributed by atoms with van der Waals surface area (Å²) in [5.41, 5.74) is 1.95. The molecule has 1 fully saturated rings. The van der Waals surface area contributed by atoms with Gasteiger partial charge >= 0.3 is 0 Å². The van der Waals surface area contributed by atoms with Gasteiger partial charge in [-0.2, -0.15) is 5.10 Å². The SMILES string of the molecule is O=C(Cc1ccc(Oc2ccc(F)cc2)cc1)[C@@H]1C[C@@H](c2ccccc2)CN1C(=O)Cn1cncn1. The lowest BCUT2D eigenvalue weighted by molar-refractivity contribution is -0.138. The van der Waals surface area contributed by atoms with Gasteiger partial charge < -0.3 is 9.64 Å². The number of hydrogen-bond acceptors (Lipinski definition) is 5. The summed E-state index contributed by atoms with van der Waals surface area (Å²) >= 11 is 0. The van der Waals surface area contributed by atoms with Crippen molar-refractivity contribution in [2.75, 3.05) is 6.54 Å². The average Bonchev–Trinajstić information content (AvgIpc) is 3.58. The maximum absolute atomic E-state index is 13.4. The molecular weight excluding hydrogens is 459 g/mol. The van der Waals surface area contributed by atoms with Gasteiger partial charge in [0, 0.05) is 18.9 Å². The molecule has 182 valence electrons. The zero-order valence-electron chi connectivity index (χ0n) is 19.5. The predicted molar refractivity (Wildman–Crippen MR) is 131 cm³/mol. The number of amides is 1. The van der Waals surface area contributed by atoms with Crippen molar-refractivity contribution in [1.29, 1.82) is 0 Å². The molecule has 0 aliphatic carbocycles. The molecule has 7 nitrogen and oxygen atoms in total. The van der Waals surface area contributed by atoms with Gasteiger partial charge in [-0.1, -0.05) is 42.5 Å². The highest BCUT2D eigenvalue weighted by Crippen LogP contribution is 2.33. The van der Waals surface area contributed by atoms with Gasteiger partial charge in [-0.15, -0.1) is 0 Å². The summed E-state index contributed by atoms with van der Waals surface area (Å²) < 4.78 is 20.3. The number of likely N-dealkylation sites (tertiary alicyclic amines) is 1. The van der Waals surface area contributed by atoms with Gasteiger partial charge in [0.1, 0.15) is 36.5 Å². The number of benzene rings is 3. The lowest BCUT2D eigenvalue weighted by atomic mass is 9.93. The van der Waals surface area contributed by atoms with E-state index in [0.717, 1.165) is 11.1 Å². The fraction of sp³-hybridized carbons (Fsp3) is 0.214. The molecule has 0 bridgehead atoms. The number of Topliss-reactive ketones (excluding diaryl/α,β-unsaturated/α-hetero) is 1. The molecule has 0 unspecified atom stereocenters. The Hall–Kier alpha value is -4.33. The first-order valence-electron chi connectivity index (χ1n) is 11.8. The van der Waals surface area contributed by atoms with E-state index in [4.69, 9.17) is 4.74 Å². The van der Waals surface area contributed by atoms with Crippen molar-refractivity contribution >= 4 is 11.7 Å². The van der Waals surface area contributed by atoms with Crippen LogP contribution in [0, 0.1) is 5.82 Å². The summed E-state index contributed by atoms with van der Waals surface area (Å²) in [6.45, 7) is 0.527. The maximum Gasteiger partial charge on any atom is 0.245 e. The number of rotatable bonds is 8. The van der Waals surface area contributed by atoms with Crippen LogP contribution in [0.15, 0.2) is 91.5 Å². The van der Waals surface area contributed by atoms with Crippen molar-refractivity contribution in [2.24, 2.45) is 0 Å². The third-order valence-electron chi connectivity index (χ3n) is 6.38. The van der Waals surface area contributed by atoms with Gasteiger partial charge in [-0.3, -0.25) is 9.59 Å². The number of ether oxygens (including phenoxy) is 1. The van der Waals surface area contributed by atoms with Gasteiger partial charge in [0.15, 0.2) is 5.78 Å². The number of hydrogen-bond donors (Lipinski definition) is 0. The van der Waals surface area contributed by atoms with Crippen molar-refractivity contribution in [3.63, 3.8) is 0 Å². The number of carbonyl (C=O) groups is 2. The van der Waals surface area contributed by atoms with E-state index in [2.05, 4.69) is 10.1 Å². The van der Waals surface area contributed by atoms with Gasteiger partial charge in [0.05, 0.1) is 6.04 Å². The molecule has 8 heteroatoms. The molecule has 0 radical (unpaired) electrons. The monoisotopic (exact) mass is 484 g/mol. The van der Waals surface area contributed by atoms with Crippen LogP contribution < -0.4 is 4.74 Å². The molecule has 2 heterocycles. The van der Waals surface area contributed by atoms with Crippen LogP contribution in [0.2, 0.25) is 0 Å². The smallest absolute Gasteiger partial charge is 0.245 e. The molecule has 1 aromatic heterocycles. The Labute approximate surface area is 208 Å². The molecule has 1 aliphatic rings. The molecule has 0 N–H and O–H groups in total. The highest BCUT2D eigenvalue weighted by Gasteiger charge is 2.39. The van der Waals surface area contributed by atoms with Crippen LogP contribution in [-0.2, 0) is 22.6 Å². The fourth-order valence-corrected chi connectivity index (χ4v) is 4.56. The Kier molecular flexibility index (Phi) is 6.84. The van der Waals surface area contributed by atoms with E-state index < -0.39 is 6.04 Å². The minimum absolute atomic E-state index is 0.00688. The zero-order valence-corrected chi connectivity index (χ0v) is 19.5. The highest BCUT2D eigenvalue weighted by atomic mass is 19.1. The second-order valence-corrected chi connectivity index (χ2v) is 8.84. The molecule has 3 aromatic carbocycles. The second kappa shape index (κ2) is 10.5. The molecule has 1 amide bonds. The fourth-order valence-electron chi connectivity index (χ4n) is 4.56. The lowest BCUT2D eigenvalue weighted by Gasteiger charge is -2.23. The van der Waals surface area contributed by atoms with E-state index in [1.807, 2.05) is 42.5 Å². The van der Waals surface area contributed by atoms with Gasteiger partial charge in [-0.05, 0) is 53.9 Å². The minimum atomic E-state index is -0.513. The molecule has 4 aromatic rings. The highest BCUT2D eigenvalue weighted by molar-refractivity contribution is 5.91. The normalized spacial score (nSPS) is 17.2. The third kappa shape index (κ3) is 5.49. The Morgan fingerprint density at radius 3 is 2.31 bits per heavy atom. The van der Waals surface area contributed by atoms with Crippen molar-refractivity contribution in [2.45, 2.75) is 31.3 Å². The summed E-state index contributed by atoms with van der Waals surface area (Å²) in [6.07, 6.45) is 3.67. The molecule has 1 saturated heterocycles. The first-order chi connectivity index (χ1) is 17.5. The number of halogens is 1. The molecule has 5 rings (SSSR count). The first-order valence-corrected chi connectivity index (χ1v) is 11.8. The van der Waals surface area contributed by atoms with Crippen LogP contribution in [0.5, 0.6) is 11.5 Å². The third-order valence-corrected chi connectivity index (χ3v) is 6.38. The summed E-state index contributed by atoms with van der Waals surface area (Å²) in [5, 5.41) is 4.03. The molecule has 0 saturated carbocycles. The van der Waals surface area contributed by atoms with Crippen molar-refractivity contribution in [1.82, 2.24) is 19.7 Å². The Balaban J connectivity index is 1.28. The quantitative estimate of drug-likeness (QED) is 0.370. The maximum atomic E-state index is 13.4. The van der Waals surface area contributed by atoms with Crippen LogP contribution in [-0.4, -0.2) is 43.9 Å². The minimum Gasteiger partial charge on any atom is -0.457 e. The summed E-state index contributed by atoms with van der Waals surface area (Å²) in [4.78, 5) is 32.1. The van der Waals surface area contributed by atoms with E-state index in [9.17, 15) is 14.0 Å². The predicted octanol–water partition coefficient (Wildman–Crippen LogP) is 4.41. The number of carbonyl (C=O) groups excluding carboxylic acids is 2. The van der Waals surface area contributed by atoms with Gasteiger partial charge in [-0.25, -0.2) is 14.1 Å². The summed E-state index contributed by atoms with van der Waals surface area (Å²) in [7, 11) is 0. The zero-order chi connectivity index (χ0) is 24.9. The van der Waals surface area contributed by atoms with Crippen LogP contribution in [0.1, 0.15) is 23.5 Å². The average molecular weight is 485 g/mol. The van der Waals surface area contributed by atoms with E-state index in [1.165, 1.54) is 29.5 Å². The van der Waals surface area contributed by atoms with Gasteiger partial charge in [0.25, 0.3) is 0 Å². The molecule has 0 spiro atoms. The summed E-state index contributed by atoms with van der Waals surface area (Å²) in [6, 6.07) is 22.5. The molecule has 1 aliphatic heterocycles. The van der Waals surface area contributed by atoms with Crippen molar-refractivity contribution < 1.29 is 18.7 Å². The van der Waals surface area contributed by atoms with Gasteiger partial charge in [0.2, 0.25) is 5.91 Å². The van der Waals surface area contributed by atoms with E-state index in [-0.39, 0.29) is 36.4 Å². The van der Waals surface area contributed by atoms with E-state index in [0.29, 0.717) is 24.5 Å². The topological polar surface area (TPSA) is 77.3 Å². The number of nitrogens with zero attached hydrogens (tertiary/aromatic N) is 4. The van der Waals surface area contributed by atoms with Crippen molar-refractivity contribution in [3.05, 3.63) is 108 Å². The molecule has 2 atom stereocenters. The van der Waals surface area contributed by atoms with Crippen molar-refractivity contribution in [3.8, 4) is 11.5 Å². The van der Waals surface area contributed by atoms with E-state index in [1.54, 1.807) is 29.2 Å². The van der Waals surface area contributed by atoms with Crippen LogP contribution in [0.3, 0.4) is 0 Å². The molecular formula is C28H25FN4O3. The van der Waals surface area contributed by atoms with Crippen LogP contribution in [0.4, 0.5) is 4.39 Å². The van der Waals surface area contributed by atoms with Crippen LogP contribution in [0.25, 0.3) is 0 Å². The number of aromatic nitrogens is 3. The Morgan fingerprint density at radius 1 is 0.944 bits per heavy atom. The second-order valence-electron chi connectivity index (χ2n) is 8.84. The largest absolute Gasteiger partial charge is 0.457 e.